The van der Waals surface area contributed by atoms with Crippen LogP contribution in [0.15, 0.2) is 41.8 Å². The summed E-state index contributed by atoms with van der Waals surface area (Å²) in [4.78, 5) is 21.8. The molecule has 3 rings (SSSR count). The van der Waals surface area contributed by atoms with Gasteiger partial charge in [-0.05, 0) is 6.07 Å². The summed E-state index contributed by atoms with van der Waals surface area (Å²) in [5.74, 6) is 0. The van der Waals surface area contributed by atoms with E-state index in [0.29, 0.717) is 11.3 Å². The largest absolute Gasteiger partial charge is 0.324 e. The Hall–Kier alpha value is -2.57. The van der Waals surface area contributed by atoms with Crippen LogP contribution in [0.4, 0.5) is 8.78 Å². The summed E-state index contributed by atoms with van der Waals surface area (Å²) >= 11 is 0. The van der Waals surface area contributed by atoms with Crippen LogP contribution < -0.4 is 5.56 Å². The molecular formula is C12H8F2N4O. The normalized spacial score (nSPS) is 11.3. The van der Waals surface area contributed by atoms with Gasteiger partial charge in [0, 0.05) is 35.9 Å². The van der Waals surface area contributed by atoms with E-state index < -0.39 is 6.43 Å². The number of nitrogens with zero attached hydrogens (tertiary/aromatic N) is 3. The Morgan fingerprint density at radius 1 is 1.26 bits per heavy atom. The van der Waals surface area contributed by atoms with Gasteiger partial charge in [0.15, 0.2) is 0 Å². The highest BCUT2D eigenvalue weighted by atomic mass is 19.3. The van der Waals surface area contributed by atoms with Crippen LogP contribution in [0.25, 0.3) is 16.9 Å². The minimum Gasteiger partial charge on any atom is -0.324 e. The number of halogens is 2. The Morgan fingerprint density at radius 3 is 2.89 bits per heavy atom. The molecule has 0 aliphatic carbocycles. The molecule has 0 spiro atoms. The zero-order valence-corrected chi connectivity index (χ0v) is 9.55. The lowest BCUT2D eigenvalue weighted by Crippen LogP contribution is -2.08. The molecule has 0 saturated carbocycles. The second-order valence-electron chi connectivity index (χ2n) is 3.93. The Balaban J connectivity index is 2.22. The number of H-pyrrole nitrogens is 1. The molecule has 3 aromatic heterocycles. The molecule has 5 nitrogen and oxygen atoms in total. The van der Waals surface area contributed by atoms with Crippen molar-refractivity contribution in [3.63, 3.8) is 0 Å². The van der Waals surface area contributed by atoms with Crippen molar-refractivity contribution in [2.24, 2.45) is 0 Å². The molecule has 0 aliphatic rings. The van der Waals surface area contributed by atoms with Crippen molar-refractivity contribution in [3.8, 4) is 11.3 Å². The molecule has 3 aromatic rings. The van der Waals surface area contributed by atoms with Crippen molar-refractivity contribution in [2.75, 3.05) is 0 Å². The van der Waals surface area contributed by atoms with Crippen LogP contribution >= 0.6 is 0 Å². The maximum atomic E-state index is 12.6. The standard InChI is InChI=1S/C12H8F2N4O/c13-10(14)8-3-7(4-15-5-8)9-6-17-11-12(19)16-1-2-18(9)11/h1-6,10H,(H,16,19). The van der Waals surface area contributed by atoms with Crippen LogP contribution in [0.5, 0.6) is 0 Å². The van der Waals surface area contributed by atoms with Crippen LogP contribution in [0.3, 0.4) is 0 Å². The smallest absolute Gasteiger partial charge is 0.291 e. The van der Waals surface area contributed by atoms with Crippen molar-refractivity contribution in [2.45, 2.75) is 6.43 Å². The minimum atomic E-state index is -2.59. The third-order valence-corrected chi connectivity index (χ3v) is 2.75. The zero-order chi connectivity index (χ0) is 13.4. The average molecular weight is 262 g/mol. The first kappa shape index (κ1) is 11.5. The van der Waals surface area contributed by atoms with Gasteiger partial charge in [0.2, 0.25) is 5.65 Å². The molecule has 0 aromatic carbocycles. The maximum Gasteiger partial charge on any atom is 0.291 e. The molecule has 19 heavy (non-hydrogen) atoms. The highest BCUT2D eigenvalue weighted by Crippen LogP contribution is 2.24. The van der Waals surface area contributed by atoms with Crippen molar-refractivity contribution >= 4 is 5.65 Å². The molecule has 0 aliphatic heterocycles. The molecule has 1 N–H and O–H groups in total. The van der Waals surface area contributed by atoms with E-state index in [4.69, 9.17) is 0 Å². The fourth-order valence-corrected chi connectivity index (χ4v) is 1.86. The highest BCUT2D eigenvalue weighted by molar-refractivity contribution is 5.62. The number of aromatic amines is 1. The van der Waals surface area contributed by atoms with E-state index >= 15 is 0 Å². The van der Waals surface area contributed by atoms with Crippen LogP contribution in [0.2, 0.25) is 0 Å². The quantitative estimate of drug-likeness (QED) is 0.768. The average Bonchev–Trinajstić information content (AvgIpc) is 2.84. The highest BCUT2D eigenvalue weighted by Gasteiger charge is 2.12. The summed E-state index contributed by atoms with van der Waals surface area (Å²) < 4.78 is 26.8. The zero-order valence-electron chi connectivity index (χ0n) is 9.55. The van der Waals surface area contributed by atoms with Gasteiger partial charge in [-0.1, -0.05) is 0 Å². The van der Waals surface area contributed by atoms with Gasteiger partial charge in [0.05, 0.1) is 11.9 Å². The second-order valence-corrected chi connectivity index (χ2v) is 3.93. The Bertz CT molecular complexity index is 794. The van der Waals surface area contributed by atoms with Crippen molar-refractivity contribution in [3.05, 3.63) is 53.0 Å². The van der Waals surface area contributed by atoms with Gasteiger partial charge in [-0.25, -0.2) is 13.8 Å². The molecule has 0 radical (unpaired) electrons. The number of pyridine rings is 1. The van der Waals surface area contributed by atoms with Crippen molar-refractivity contribution in [1.29, 1.82) is 0 Å². The summed E-state index contributed by atoms with van der Waals surface area (Å²) in [6.45, 7) is 0. The van der Waals surface area contributed by atoms with Crippen LogP contribution in [-0.2, 0) is 0 Å². The molecule has 96 valence electrons. The van der Waals surface area contributed by atoms with Crippen molar-refractivity contribution in [1.82, 2.24) is 19.4 Å². The first-order valence-electron chi connectivity index (χ1n) is 5.45. The molecule has 0 atom stereocenters. The Morgan fingerprint density at radius 2 is 2.11 bits per heavy atom. The summed E-state index contributed by atoms with van der Waals surface area (Å²) in [6, 6.07) is 1.34. The molecule has 3 heterocycles. The van der Waals surface area contributed by atoms with Gasteiger partial charge < -0.3 is 4.98 Å². The Labute approximate surface area is 105 Å². The van der Waals surface area contributed by atoms with Gasteiger partial charge in [-0.3, -0.25) is 14.2 Å². The molecule has 0 fully saturated rings. The van der Waals surface area contributed by atoms with E-state index in [9.17, 15) is 13.6 Å². The summed E-state index contributed by atoms with van der Waals surface area (Å²) in [5, 5.41) is 0. The van der Waals surface area contributed by atoms with Crippen molar-refractivity contribution < 1.29 is 8.78 Å². The van der Waals surface area contributed by atoms with E-state index in [2.05, 4.69) is 15.0 Å². The van der Waals surface area contributed by atoms with Crippen LogP contribution in [0.1, 0.15) is 12.0 Å². The SMILES string of the molecule is O=c1[nH]ccn2c(-c3cncc(C(F)F)c3)cnc12. The third-order valence-electron chi connectivity index (χ3n) is 2.75. The fraction of sp³-hybridized carbons (Fsp3) is 0.0833. The molecule has 7 heteroatoms. The lowest BCUT2D eigenvalue weighted by atomic mass is 10.1. The van der Waals surface area contributed by atoms with Gasteiger partial charge >= 0.3 is 0 Å². The predicted octanol–water partition coefficient (Wildman–Crippen LogP) is 2.02. The number of nitrogens with one attached hydrogen (secondary N) is 1. The molecule has 0 unspecified atom stereocenters. The number of rotatable bonds is 2. The van der Waals surface area contributed by atoms with E-state index in [-0.39, 0.29) is 16.8 Å². The van der Waals surface area contributed by atoms with E-state index in [1.165, 1.54) is 29.1 Å². The second kappa shape index (κ2) is 4.27. The number of alkyl halides is 2. The van der Waals surface area contributed by atoms with Gasteiger partial charge in [0.25, 0.3) is 12.0 Å². The number of aromatic nitrogens is 4. The summed E-state index contributed by atoms with van der Waals surface area (Å²) in [6.07, 6.45) is 4.51. The third kappa shape index (κ3) is 1.88. The van der Waals surface area contributed by atoms with Gasteiger partial charge in [-0.15, -0.1) is 0 Å². The first-order valence-corrected chi connectivity index (χ1v) is 5.45. The predicted molar refractivity (Wildman–Crippen MR) is 64.0 cm³/mol. The number of fused-ring (bicyclic) bond motifs is 1. The first-order chi connectivity index (χ1) is 9.16. The van der Waals surface area contributed by atoms with Crippen LogP contribution in [-0.4, -0.2) is 19.4 Å². The number of hydrogen-bond acceptors (Lipinski definition) is 3. The maximum absolute atomic E-state index is 12.6. The topological polar surface area (TPSA) is 63.0 Å². The van der Waals surface area contributed by atoms with Gasteiger partial charge in [0.1, 0.15) is 0 Å². The molecule has 0 saturated heterocycles. The van der Waals surface area contributed by atoms with E-state index in [1.54, 1.807) is 6.20 Å². The number of imidazole rings is 1. The monoisotopic (exact) mass is 262 g/mol. The lowest BCUT2D eigenvalue weighted by Gasteiger charge is -2.03. The summed E-state index contributed by atoms with van der Waals surface area (Å²) in [5.41, 5.74) is 0.718. The minimum absolute atomic E-state index is 0.169. The molecular weight excluding hydrogens is 254 g/mol. The van der Waals surface area contributed by atoms with E-state index in [0.717, 1.165) is 6.20 Å². The van der Waals surface area contributed by atoms with E-state index in [1.807, 2.05) is 0 Å². The lowest BCUT2D eigenvalue weighted by molar-refractivity contribution is 0.151. The van der Waals surface area contributed by atoms with Crippen LogP contribution in [0, 0.1) is 0 Å². The molecule has 0 amide bonds. The van der Waals surface area contributed by atoms with Gasteiger partial charge in [-0.2, -0.15) is 0 Å². The fourth-order valence-electron chi connectivity index (χ4n) is 1.86. The molecule has 0 bridgehead atoms. The number of hydrogen-bond donors (Lipinski definition) is 1. The Kier molecular flexibility index (Phi) is 2.59. The summed E-state index contributed by atoms with van der Waals surface area (Å²) in [7, 11) is 0.